The molecule has 4 heteroatoms. The number of anilines is 2. The van der Waals surface area contributed by atoms with Crippen molar-refractivity contribution in [1.29, 1.82) is 0 Å². The minimum Gasteiger partial charge on any atom is -0.381 e. The van der Waals surface area contributed by atoms with E-state index in [1.54, 1.807) is 0 Å². The summed E-state index contributed by atoms with van der Waals surface area (Å²) in [4.78, 5) is 16.0. The first-order valence-electron chi connectivity index (χ1n) is 7.85. The lowest BCUT2D eigenvalue weighted by Crippen LogP contribution is -2.18. The van der Waals surface area contributed by atoms with Gasteiger partial charge in [0.2, 0.25) is 5.91 Å². The second kappa shape index (κ2) is 6.25. The fourth-order valence-corrected chi connectivity index (χ4v) is 2.79. The number of amides is 1. The van der Waals surface area contributed by atoms with Crippen LogP contribution in [0.2, 0.25) is 0 Å². The lowest BCUT2D eigenvalue weighted by Gasteiger charge is -2.17. The molecule has 2 saturated carbocycles. The molecule has 1 aromatic rings. The summed E-state index contributed by atoms with van der Waals surface area (Å²) in [6, 6.07) is 4.48. The minimum absolute atomic E-state index is 0.113. The quantitative estimate of drug-likeness (QED) is 0.825. The van der Waals surface area contributed by atoms with E-state index < -0.39 is 0 Å². The van der Waals surface area contributed by atoms with Crippen molar-refractivity contribution >= 4 is 17.4 Å². The Balaban J connectivity index is 1.53. The van der Waals surface area contributed by atoms with Crippen molar-refractivity contribution in [2.75, 3.05) is 10.6 Å². The molecule has 2 aliphatic carbocycles. The summed E-state index contributed by atoms with van der Waals surface area (Å²) in [5, 5.41) is 6.43. The molecule has 0 bridgehead atoms. The molecule has 1 amide bonds. The highest BCUT2D eigenvalue weighted by Gasteiger charge is 2.29. The summed E-state index contributed by atoms with van der Waals surface area (Å²) < 4.78 is 0. The Morgan fingerprint density at radius 2 is 1.80 bits per heavy atom. The molecular weight excluding hydrogens is 250 g/mol. The molecule has 4 nitrogen and oxygen atoms in total. The van der Waals surface area contributed by atoms with E-state index in [-0.39, 0.29) is 11.8 Å². The Morgan fingerprint density at radius 3 is 2.40 bits per heavy atom. The molecule has 0 saturated heterocycles. The van der Waals surface area contributed by atoms with Gasteiger partial charge in [0.1, 0.15) is 5.82 Å². The summed E-state index contributed by atoms with van der Waals surface area (Å²) in [5.41, 5.74) is 1.06. The molecule has 0 aliphatic heterocycles. The van der Waals surface area contributed by atoms with Crippen molar-refractivity contribution in [1.82, 2.24) is 4.98 Å². The second-order valence-electron chi connectivity index (χ2n) is 6.03. The van der Waals surface area contributed by atoms with E-state index in [4.69, 9.17) is 0 Å². The fraction of sp³-hybridized carbons (Fsp3) is 0.625. The zero-order chi connectivity index (χ0) is 13.8. The normalized spacial score (nSPS) is 20.2. The molecule has 3 rings (SSSR count). The van der Waals surface area contributed by atoms with Gasteiger partial charge in [0, 0.05) is 12.0 Å². The van der Waals surface area contributed by atoms with Crippen LogP contribution in [0, 0.1) is 5.92 Å². The van der Waals surface area contributed by atoms with Crippen LogP contribution < -0.4 is 10.6 Å². The third-order valence-electron chi connectivity index (χ3n) is 4.19. The molecule has 108 valence electrons. The van der Waals surface area contributed by atoms with Gasteiger partial charge in [-0.1, -0.05) is 25.7 Å². The highest BCUT2D eigenvalue weighted by atomic mass is 16.2. The fourth-order valence-electron chi connectivity index (χ4n) is 2.79. The standard InChI is InChI=1S/C16H23N3O/c20-16(12-7-8-12)19-15-10-9-14(11-17-15)18-13-5-3-1-2-4-6-13/h9-13,18H,1-8H2,(H,17,19,20). The van der Waals surface area contributed by atoms with Crippen LogP contribution in [0.15, 0.2) is 18.3 Å². The molecule has 2 N–H and O–H groups in total. The molecule has 20 heavy (non-hydrogen) atoms. The van der Waals surface area contributed by atoms with Crippen LogP contribution in [0.25, 0.3) is 0 Å². The predicted octanol–water partition coefficient (Wildman–Crippen LogP) is 3.56. The van der Waals surface area contributed by atoms with Crippen LogP contribution in [0.1, 0.15) is 51.4 Å². The summed E-state index contributed by atoms with van der Waals surface area (Å²) in [5.74, 6) is 0.996. The average Bonchev–Trinajstić information content (AvgIpc) is 3.28. The van der Waals surface area contributed by atoms with Crippen LogP contribution >= 0.6 is 0 Å². The van der Waals surface area contributed by atoms with Gasteiger partial charge in [0.15, 0.2) is 0 Å². The molecular formula is C16H23N3O. The number of aromatic nitrogens is 1. The summed E-state index contributed by atoms with van der Waals surface area (Å²) in [6.45, 7) is 0. The molecule has 1 aromatic heterocycles. The van der Waals surface area contributed by atoms with Crippen molar-refractivity contribution in [2.45, 2.75) is 57.4 Å². The largest absolute Gasteiger partial charge is 0.381 e. The summed E-state index contributed by atoms with van der Waals surface area (Å²) >= 11 is 0. The second-order valence-corrected chi connectivity index (χ2v) is 6.03. The van der Waals surface area contributed by atoms with Gasteiger partial charge in [0.25, 0.3) is 0 Å². The van der Waals surface area contributed by atoms with Gasteiger partial charge in [-0.2, -0.15) is 0 Å². The van der Waals surface area contributed by atoms with Gasteiger partial charge in [-0.3, -0.25) is 4.79 Å². The molecule has 0 radical (unpaired) electrons. The van der Waals surface area contributed by atoms with Gasteiger partial charge in [-0.25, -0.2) is 4.98 Å². The SMILES string of the molecule is O=C(Nc1ccc(NC2CCCCCC2)cn1)C1CC1. The highest BCUT2D eigenvalue weighted by Crippen LogP contribution is 2.30. The molecule has 0 spiro atoms. The van der Waals surface area contributed by atoms with E-state index in [1.165, 1.54) is 38.5 Å². The number of hydrogen-bond acceptors (Lipinski definition) is 3. The van der Waals surface area contributed by atoms with Crippen LogP contribution in [-0.4, -0.2) is 16.9 Å². The van der Waals surface area contributed by atoms with E-state index in [1.807, 2.05) is 18.3 Å². The number of carbonyl (C=O) groups excluding carboxylic acids is 1. The van der Waals surface area contributed by atoms with Crippen molar-refractivity contribution in [3.63, 3.8) is 0 Å². The van der Waals surface area contributed by atoms with Crippen LogP contribution in [0.5, 0.6) is 0 Å². The molecule has 0 unspecified atom stereocenters. The Hall–Kier alpha value is -1.58. The monoisotopic (exact) mass is 273 g/mol. The third kappa shape index (κ3) is 3.71. The van der Waals surface area contributed by atoms with Crippen LogP contribution in [0.4, 0.5) is 11.5 Å². The van der Waals surface area contributed by atoms with E-state index >= 15 is 0 Å². The number of carbonyl (C=O) groups is 1. The predicted molar refractivity (Wildman–Crippen MR) is 80.7 cm³/mol. The molecule has 2 fully saturated rings. The third-order valence-corrected chi connectivity index (χ3v) is 4.19. The zero-order valence-electron chi connectivity index (χ0n) is 11.9. The van der Waals surface area contributed by atoms with Crippen LogP contribution in [0.3, 0.4) is 0 Å². The zero-order valence-corrected chi connectivity index (χ0v) is 11.9. The van der Waals surface area contributed by atoms with Crippen LogP contribution in [-0.2, 0) is 4.79 Å². The molecule has 1 heterocycles. The molecule has 2 aliphatic rings. The maximum absolute atomic E-state index is 11.6. The van der Waals surface area contributed by atoms with Crippen molar-refractivity contribution in [3.8, 4) is 0 Å². The Morgan fingerprint density at radius 1 is 1.05 bits per heavy atom. The number of rotatable bonds is 4. The average molecular weight is 273 g/mol. The van der Waals surface area contributed by atoms with Gasteiger partial charge in [-0.15, -0.1) is 0 Å². The van der Waals surface area contributed by atoms with E-state index in [0.717, 1.165) is 18.5 Å². The van der Waals surface area contributed by atoms with Crippen molar-refractivity contribution in [3.05, 3.63) is 18.3 Å². The lowest BCUT2D eigenvalue weighted by atomic mass is 10.1. The van der Waals surface area contributed by atoms with Gasteiger partial charge in [-0.05, 0) is 37.8 Å². The van der Waals surface area contributed by atoms with Gasteiger partial charge < -0.3 is 10.6 Å². The van der Waals surface area contributed by atoms with E-state index in [0.29, 0.717) is 11.9 Å². The molecule has 0 atom stereocenters. The first kappa shape index (κ1) is 13.4. The van der Waals surface area contributed by atoms with Crippen molar-refractivity contribution < 1.29 is 4.79 Å². The lowest BCUT2D eigenvalue weighted by molar-refractivity contribution is -0.117. The maximum atomic E-state index is 11.6. The van der Waals surface area contributed by atoms with Crippen molar-refractivity contribution in [2.24, 2.45) is 5.92 Å². The number of nitrogens with one attached hydrogen (secondary N) is 2. The Kier molecular flexibility index (Phi) is 4.19. The topological polar surface area (TPSA) is 54.0 Å². The highest BCUT2D eigenvalue weighted by molar-refractivity contribution is 5.93. The number of pyridine rings is 1. The smallest absolute Gasteiger partial charge is 0.228 e. The number of hydrogen-bond donors (Lipinski definition) is 2. The molecule has 0 aromatic carbocycles. The van der Waals surface area contributed by atoms with E-state index in [2.05, 4.69) is 15.6 Å². The van der Waals surface area contributed by atoms with Gasteiger partial charge in [0.05, 0.1) is 11.9 Å². The Labute approximate surface area is 120 Å². The first-order valence-corrected chi connectivity index (χ1v) is 7.85. The number of nitrogens with zero attached hydrogens (tertiary/aromatic N) is 1. The Bertz CT molecular complexity index is 445. The first-order chi connectivity index (χ1) is 9.81. The summed E-state index contributed by atoms with van der Waals surface area (Å²) in [7, 11) is 0. The maximum Gasteiger partial charge on any atom is 0.228 e. The summed E-state index contributed by atoms with van der Waals surface area (Å²) in [6.07, 6.45) is 11.7. The van der Waals surface area contributed by atoms with Gasteiger partial charge >= 0.3 is 0 Å². The minimum atomic E-state index is 0.113. The van der Waals surface area contributed by atoms with E-state index in [9.17, 15) is 4.79 Å².